The van der Waals surface area contributed by atoms with Crippen LogP contribution in [-0.4, -0.2) is 23.6 Å². The molecule has 0 aliphatic heterocycles. The number of hydrogen-bond acceptors (Lipinski definition) is 4. The lowest BCUT2D eigenvalue weighted by atomic mass is 10.2. The SMILES string of the molecule is Cc1csc(N(CC(F)(F)F)C(=O)[C@H]2C[C@H]2c2ccco2)n1. The Morgan fingerprint density at radius 1 is 1.55 bits per heavy atom. The normalized spacial score (nSPS) is 20.9. The molecule has 118 valence electrons. The molecule has 2 heterocycles. The van der Waals surface area contributed by atoms with Crippen molar-refractivity contribution < 1.29 is 22.4 Å². The van der Waals surface area contributed by atoms with Crippen LogP contribution in [-0.2, 0) is 4.79 Å². The molecule has 1 fully saturated rings. The smallest absolute Gasteiger partial charge is 0.406 e. The monoisotopic (exact) mass is 330 g/mol. The average Bonchev–Trinajstić information content (AvgIpc) is 2.85. The Morgan fingerprint density at radius 3 is 2.86 bits per heavy atom. The molecule has 1 aliphatic carbocycles. The van der Waals surface area contributed by atoms with E-state index in [0.29, 0.717) is 17.9 Å². The first kappa shape index (κ1) is 15.1. The predicted molar refractivity (Wildman–Crippen MR) is 74.8 cm³/mol. The van der Waals surface area contributed by atoms with Gasteiger partial charge in [-0.25, -0.2) is 4.98 Å². The largest absolute Gasteiger partial charge is 0.469 e. The van der Waals surface area contributed by atoms with Crippen molar-refractivity contribution in [2.75, 3.05) is 11.4 Å². The van der Waals surface area contributed by atoms with Crippen molar-refractivity contribution >= 4 is 22.4 Å². The summed E-state index contributed by atoms with van der Waals surface area (Å²) in [7, 11) is 0. The maximum atomic E-state index is 12.8. The molecule has 2 aromatic heterocycles. The zero-order valence-electron chi connectivity index (χ0n) is 11.6. The minimum atomic E-state index is -4.47. The van der Waals surface area contributed by atoms with Crippen LogP contribution in [0.4, 0.5) is 18.3 Å². The number of alkyl halides is 3. The molecule has 0 aromatic carbocycles. The van der Waals surface area contributed by atoms with Crippen LogP contribution in [0.3, 0.4) is 0 Å². The molecule has 8 heteroatoms. The molecule has 2 aromatic rings. The topological polar surface area (TPSA) is 46.3 Å². The average molecular weight is 330 g/mol. The van der Waals surface area contributed by atoms with Crippen LogP contribution in [0.2, 0.25) is 0 Å². The minimum absolute atomic E-state index is 0.0879. The Hall–Kier alpha value is -1.83. The summed E-state index contributed by atoms with van der Waals surface area (Å²) in [5.74, 6) is -0.522. The molecule has 0 N–H and O–H groups in total. The second kappa shape index (κ2) is 5.42. The van der Waals surface area contributed by atoms with E-state index < -0.39 is 24.5 Å². The first-order chi connectivity index (χ1) is 10.3. The van der Waals surface area contributed by atoms with Crippen LogP contribution in [0.15, 0.2) is 28.2 Å². The molecule has 1 aliphatic rings. The van der Waals surface area contributed by atoms with Crippen molar-refractivity contribution in [3.8, 4) is 0 Å². The number of thiazole rings is 1. The summed E-state index contributed by atoms with van der Waals surface area (Å²) in [6, 6.07) is 3.44. The fourth-order valence-electron chi connectivity index (χ4n) is 2.37. The fraction of sp³-hybridized carbons (Fsp3) is 0.429. The molecular formula is C14H13F3N2O2S. The van der Waals surface area contributed by atoms with Crippen LogP contribution in [0, 0.1) is 12.8 Å². The van der Waals surface area contributed by atoms with Gasteiger partial charge in [-0.1, -0.05) is 0 Å². The second-order valence-corrected chi connectivity index (χ2v) is 6.11. The van der Waals surface area contributed by atoms with Crippen LogP contribution < -0.4 is 4.90 Å². The summed E-state index contributed by atoms with van der Waals surface area (Å²) in [6.07, 6.45) is -2.47. The Kier molecular flexibility index (Phi) is 3.72. The summed E-state index contributed by atoms with van der Waals surface area (Å²) in [6.45, 7) is 0.360. The van der Waals surface area contributed by atoms with Gasteiger partial charge >= 0.3 is 6.18 Å². The number of furan rings is 1. The number of amides is 1. The van der Waals surface area contributed by atoms with E-state index in [0.717, 1.165) is 16.2 Å². The lowest BCUT2D eigenvalue weighted by molar-refractivity contribution is -0.133. The van der Waals surface area contributed by atoms with Crippen LogP contribution in [0.1, 0.15) is 23.8 Å². The summed E-state index contributed by atoms with van der Waals surface area (Å²) in [4.78, 5) is 17.2. The zero-order chi connectivity index (χ0) is 15.9. The van der Waals surface area contributed by atoms with Crippen molar-refractivity contribution in [3.05, 3.63) is 35.2 Å². The third kappa shape index (κ3) is 3.16. The zero-order valence-corrected chi connectivity index (χ0v) is 12.4. The van der Waals surface area contributed by atoms with E-state index in [-0.39, 0.29) is 11.0 Å². The molecule has 3 rings (SSSR count). The van der Waals surface area contributed by atoms with Gasteiger partial charge in [0.15, 0.2) is 5.13 Å². The lowest BCUT2D eigenvalue weighted by Crippen LogP contribution is -2.40. The van der Waals surface area contributed by atoms with Gasteiger partial charge in [-0.2, -0.15) is 13.2 Å². The molecular weight excluding hydrogens is 317 g/mol. The van der Waals surface area contributed by atoms with Gasteiger partial charge in [-0.05, 0) is 25.5 Å². The van der Waals surface area contributed by atoms with Gasteiger partial charge in [0, 0.05) is 17.2 Å². The van der Waals surface area contributed by atoms with Crippen molar-refractivity contribution in [1.29, 1.82) is 0 Å². The number of carbonyl (C=O) groups is 1. The third-order valence-electron chi connectivity index (χ3n) is 3.46. The Labute approximate surface area is 128 Å². The Bertz CT molecular complexity index is 666. The quantitative estimate of drug-likeness (QED) is 0.858. The number of carbonyl (C=O) groups excluding carboxylic acids is 1. The van der Waals surface area contributed by atoms with E-state index in [1.807, 2.05) is 0 Å². The number of aromatic nitrogens is 1. The van der Waals surface area contributed by atoms with E-state index in [1.54, 1.807) is 24.4 Å². The number of nitrogens with zero attached hydrogens (tertiary/aromatic N) is 2. The summed E-state index contributed by atoms with van der Waals surface area (Å²) < 4.78 is 43.6. The molecule has 2 atom stereocenters. The number of halogens is 3. The van der Waals surface area contributed by atoms with E-state index in [4.69, 9.17) is 4.42 Å². The van der Waals surface area contributed by atoms with Gasteiger partial charge in [0.2, 0.25) is 5.91 Å². The second-order valence-electron chi connectivity index (χ2n) is 5.28. The highest BCUT2D eigenvalue weighted by Gasteiger charge is 2.49. The van der Waals surface area contributed by atoms with Gasteiger partial charge in [-0.3, -0.25) is 9.69 Å². The summed E-state index contributed by atoms with van der Waals surface area (Å²) in [5, 5.41) is 1.72. The first-order valence-electron chi connectivity index (χ1n) is 6.69. The summed E-state index contributed by atoms with van der Waals surface area (Å²) >= 11 is 1.04. The first-order valence-corrected chi connectivity index (χ1v) is 7.57. The molecule has 1 amide bonds. The summed E-state index contributed by atoms with van der Waals surface area (Å²) in [5.41, 5.74) is 0.596. The Balaban J connectivity index is 1.79. The van der Waals surface area contributed by atoms with Crippen LogP contribution in [0.25, 0.3) is 0 Å². The molecule has 0 spiro atoms. The standard InChI is InChI=1S/C14H13F3N2O2S/c1-8-6-22-13(18-8)19(7-14(15,16)17)12(20)10-5-9(10)11-3-2-4-21-11/h2-4,6,9-10H,5,7H2,1H3/t9-,10+/m1/s1. The maximum absolute atomic E-state index is 12.8. The molecule has 0 radical (unpaired) electrons. The minimum Gasteiger partial charge on any atom is -0.469 e. The van der Waals surface area contributed by atoms with E-state index in [2.05, 4.69) is 4.98 Å². The van der Waals surface area contributed by atoms with Gasteiger partial charge in [-0.15, -0.1) is 11.3 Å². The highest BCUT2D eigenvalue weighted by atomic mass is 32.1. The maximum Gasteiger partial charge on any atom is 0.406 e. The highest BCUT2D eigenvalue weighted by Crippen LogP contribution is 2.49. The van der Waals surface area contributed by atoms with Crippen LogP contribution >= 0.6 is 11.3 Å². The van der Waals surface area contributed by atoms with Crippen molar-refractivity contribution in [2.45, 2.75) is 25.4 Å². The Morgan fingerprint density at radius 2 is 2.32 bits per heavy atom. The highest BCUT2D eigenvalue weighted by molar-refractivity contribution is 7.14. The molecule has 1 saturated carbocycles. The van der Waals surface area contributed by atoms with Crippen molar-refractivity contribution in [3.63, 3.8) is 0 Å². The van der Waals surface area contributed by atoms with Gasteiger partial charge in [0.1, 0.15) is 12.3 Å². The molecule has 0 saturated heterocycles. The van der Waals surface area contributed by atoms with Crippen LogP contribution in [0.5, 0.6) is 0 Å². The fourth-order valence-corrected chi connectivity index (χ4v) is 3.18. The molecule has 4 nitrogen and oxygen atoms in total. The lowest BCUT2D eigenvalue weighted by Gasteiger charge is -2.21. The number of anilines is 1. The van der Waals surface area contributed by atoms with Gasteiger partial charge in [0.25, 0.3) is 0 Å². The van der Waals surface area contributed by atoms with E-state index >= 15 is 0 Å². The molecule has 22 heavy (non-hydrogen) atoms. The van der Waals surface area contributed by atoms with Crippen molar-refractivity contribution in [2.24, 2.45) is 5.92 Å². The van der Waals surface area contributed by atoms with E-state index in [1.165, 1.54) is 6.26 Å². The number of rotatable bonds is 4. The van der Waals surface area contributed by atoms with Gasteiger partial charge < -0.3 is 4.42 Å². The van der Waals surface area contributed by atoms with E-state index in [9.17, 15) is 18.0 Å². The van der Waals surface area contributed by atoms with Gasteiger partial charge in [0.05, 0.1) is 12.0 Å². The molecule has 0 unspecified atom stereocenters. The van der Waals surface area contributed by atoms with Crippen molar-refractivity contribution in [1.82, 2.24) is 4.98 Å². The molecule has 0 bridgehead atoms. The predicted octanol–water partition coefficient (Wildman–Crippen LogP) is 3.74. The third-order valence-corrected chi connectivity index (χ3v) is 4.44. The number of hydrogen-bond donors (Lipinski definition) is 0. The number of aryl methyl sites for hydroxylation is 1.